The van der Waals surface area contributed by atoms with Gasteiger partial charge in [-0.2, -0.15) is 0 Å². The van der Waals surface area contributed by atoms with Gasteiger partial charge in [-0.15, -0.1) is 0 Å². The van der Waals surface area contributed by atoms with Crippen molar-refractivity contribution in [1.29, 1.82) is 0 Å². The highest BCUT2D eigenvalue weighted by Crippen LogP contribution is 2.26. The number of hydrogen-bond acceptors (Lipinski definition) is 3. The molecule has 0 bridgehead atoms. The van der Waals surface area contributed by atoms with Gasteiger partial charge in [0.2, 0.25) is 5.88 Å². The van der Waals surface area contributed by atoms with Crippen LogP contribution in [0.25, 0.3) is 10.8 Å². The van der Waals surface area contributed by atoms with Gasteiger partial charge in [0.1, 0.15) is 10.9 Å². The molecule has 0 saturated carbocycles. The molecule has 3 nitrogen and oxygen atoms in total. The van der Waals surface area contributed by atoms with Gasteiger partial charge in [0.15, 0.2) is 0 Å². The first-order valence-corrected chi connectivity index (χ1v) is 6.18. The van der Waals surface area contributed by atoms with E-state index in [2.05, 4.69) is 11.1 Å². The van der Waals surface area contributed by atoms with Crippen LogP contribution < -0.4 is 10.5 Å². The molecule has 2 aromatic carbocycles. The van der Waals surface area contributed by atoms with Gasteiger partial charge in [0.05, 0.1) is 0 Å². The van der Waals surface area contributed by atoms with Gasteiger partial charge >= 0.3 is 0 Å². The lowest BCUT2D eigenvalue weighted by Gasteiger charge is -2.07. The number of fused-ring (bicyclic) bond motifs is 1. The predicted octanol–water partition coefficient (Wildman–Crippen LogP) is 4.26. The van der Waals surface area contributed by atoms with Gasteiger partial charge in [-0.05, 0) is 29.0 Å². The van der Waals surface area contributed by atoms with Crippen molar-refractivity contribution in [3.63, 3.8) is 0 Å². The average molecular weight is 271 g/mol. The second-order valence-corrected chi connectivity index (χ2v) is 4.56. The van der Waals surface area contributed by atoms with E-state index >= 15 is 0 Å². The van der Waals surface area contributed by atoms with E-state index in [9.17, 15) is 0 Å². The van der Waals surface area contributed by atoms with Crippen LogP contribution in [-0.2, 0) is 0 Å². The third-order valence-electron chi connectivity index (χ3n) is 2.74. The van der Waals surface area contributed by atoms with Crippen molar-refractivity contribution in [2.75, 3.05) is 5.73 Å². The first-order chi connectivity index (χ1) is 9.20. The number of rotatable bonds is 2. The van der Waals surface area contributed by atoms with Crippen LogP contribution in [0.4, 0.5) is 5.69 Å². The van der Waals surface area contributed by atoms with Crippen molar-refractivity contribution < 1.29 is 4.74 Å². The second kappa shape index (κ2) is 4.78. The fourth-order valence-electron chi connectivity index (χ4n) is 1.90. The molecular weight excluding hydrogens is 260 g/mol. The molecule has 0 atom stereocenters. The molecule has 0 saturated heterocycles. The van der Waals surface area contributed by atoms with E-state index < -0.39 is 0 Å². The van der Waals surface area contributed by atoms with E-state index in [-0.39, 0.29) is 0 Å². The molecule has 3 aromatic rings. The molecule has 0 fully saturated rings. The first kappa shape index (κ1) is 11.8. The van der Waals surface area contributed by atoms with E-state index in [1.807, 2.05) is 36.4 Å². The maximum absolute atomic E-state index is 5.84. The molecule has 0 spiro atoms. The van der Waals surface area contributed by atoms with Crippen LogP contribution in [0.5, 0.6) is 11.6 Å². The SMILES string of the molecule is Nc1cc(Cl)nc(Oc2ccc3ccccc3c2)c1. The van der Waals surface area contributed by atoms with Gasteiger partial charge in [0, 0.05) is 11.8 Å². The van der Waals surface area contributed by atoms with Gasteiger partial charge in [-0.3, -0.25) is 0 Å². The highest BCUT2D eigenvalue weighted by molar-refractivity contribution is 6.29. The number of halogens is 1. The Morgan fingerprint density at radius 2 is 1.74 bits per heavy atom. The third kappa shape index (κ3) is 2.61. The first-order valence-electron chi connectivity index (χ1n) is 5.80. The lowest BCUT2D eigenvalue weighted by Crippen LogP contribution is -1.92. The number of aromatic nitrogens is 1. The Morgan fingerprint density at radius 3 is 2.53 bits per heavy atom. The Labute approximate surface area is 115 Å². The molecule has 0 aliphatic rings. The van der Waals surface area contributed by atoms with Crippen LogP contribution in [0.3, 0.4) is 0 Å². The summed E-state index contributed by atoms with van der Waals surface area (Å²) in [6, 6.07) is 17.1. The summed E-state index contributed by atoms with van der Waals surface area (Å²) in [6.45, 7) is 0. The number of ether oxygens (including phenoxy) is 1. The number of nitrogens with two attached hydrogens (primary N) is 1. The quantitative estimate of drug-likeness (QED) is 0.708. The Bertz CT molecular complexity index is 723. The lowest BCUT2D eigenvalue weighted by atomic mass is 10.1. The molecule has 0 aliphatic heterocycles. The van der Waals surface area contributed by atoms with E-state index in [4.69, 9.17) is 22.1 Å². The molecule has 2 N–H and O–H groups in total. The number of pyridine rings is 1. The van der Waals surface area contributed by atoms with Crippen molar-refractivity contribution in [2.45, 2.75) is 0 Å². The van der Waals surface area contributed by atoms with Crippen LogP contribution >= 0.6 is 11.6 Å². The molecule has 4 heteroatoms. The minimum Gasteiger partial charge on any atom is -0.439 e. The van der Waals surface area contributed by atoms with Crippen molar-refractivity contribution >= 4 is 28.1 Å². The van der Waals surface area contributed by atoms with Crippen LogP contribution in [-0.4, -0.2) is 4.98 Å². The molecule has 1 aromatic heterocycles. The van der Waals surface area contributed by atoms with Crippen LogP contribution in [0.2, 0.25) is 5.15 Å². The summed E-state index contributed by atoms with van der Waals surface area (Å²) in [5, 5.41) is 2.58. The Hall–Kier alpha value is -2.26. The standard InChI is InChI=1S/C15H11ClN2O/c16-14-8-12(17)9-15(18-14)19-13-6-5-10-3-1-2-4-11(10)7-13/h1-9H,(H2,17,18). The highest BCUT2D eigenvalue weighted by Gasteiger charge is 2.03. The number of hydrogen-bond donors (Lipinski definition) is 1. The van der Waals surface area contributed by atoms with Crippen LogP contribution in [0.15, 0.2) is 54.6 Å². The van der Waals surface area contributed by atoms with E-state index in [0.29, 0.717) is 22.5 Å². The molecule has 1 heterocycles. The Morgan fingerprint density at radius 1 is 0.947 bits per heavy atom. The van der Waals surface area contributed by atoms with Crippen LogP contribution in [0, 0.1) is 0 Å². The van der Waals surface area contributed by atoms with Gasteiger partial charge < -0.3 is 10.5 Å². The van der Waals surface area contributed by atoms with Gasteiger partial charge in [-0.1, -0.05) is 41.9 Å². The van der Waals surface area contributed by atoms with Gasteiger partial charge in [-0.25, -0.2) is 4.98 Å². The normalized spacial score (nSPS) is 10.6. The molecule has 0 unspecified atom stereocenters. The van der Waals surface area contributed by atoms with E-state index in [0.717, 1.165) is 10.8 Å². The highest BCUT2D eigenvalue weighted by atomic mass is 35.5. The zero-order valence-electron chi connectivity index (χ0n) is 10.0. The molecule has 94 valence electrons. The number of nitrogens with zero attached hydrogens (tertiary/aromatic N) is 1. The third-order valence-corrected chi connectivity index (χ3v) is 2.93. The summed E-state index contributed by atoms with van der Waals surface area (Å²) in [5.41, 5.74) is 6.22. The molecule has 3 rings (SSSR count). The Kier molecular flexibility index (Phi) is 2.97. The second-order valence-electron chi connectivity index (χ2n) is 4.17. The monoisotopic (exact) mass is 270 g/mol. The van der Waals surface area contributed by atoms with Gasteiger partial charge in [0.25, 0.3) is 0 Å². The predicted molar refractivity (Wildman–Crippen MR) is 77.7 cm³/mol. The smallest absolute Gasteiger partial charge is 0.222 e. The molecule has 0 aliphatic carbocycles. The van der Waals surface area contributed by atoms with Crippen molar-refractivity contribution in [3.05, 3.63) is 59.8 Å². The topological polar surface area (TPSA) is 48.1 Å². The minimum atomic E-state index is 0.316. The maximum Gasteiger partial charge on any atom is 0.222 e. The fourth-order valence-corrected chi connectivity index (χ4v) is 2.10. The van der Waals surface area contributed by atoms with Crippen molar-refractivity contribution in [2.24, 2.45) is 0 Å². The molecule has 0 amide bonds. The summed E-state index contributed by atoms with van der Waals surface area (Å²) in [7, 11) is 0. The average Bonchev–Trinajstić information content (AvgIpc) is 2.37. The summed E-state index contributed by atoms with van der Waals surface area (Å²) in [5.74, 6) is 1.09. The molecule has 0 radical (unpaired) electrons. The zero-order chi connectivity index (χ0) is 13.2. The number of nitrogen functional groups attached to an aromatic ring is 1. The molecule has 19 heavy (non-hydrogen) atoms. The summed E-state index contributed by atoms with van der Waals surface area (Å²) < 4.78 is 5.67. The fraction of sp³-hybridized carbons (Fsp3) is 0. The van der Waals surface area contributed by atoms with E-state index in [1.54, 1.807) is 12.1 Å². The number of anilines is 1. The van der Waals surface area contributed by atoms with Crippen molar-refractivity contribution in [1.82, 2.24) is 4.98 Å². The van der Waals surface area contributed by atoms with Crippen molar-refractivity contribution in [3.8, 4) is 11.6 Å². The lowest BCUT2D eigenvalue weighted by molar-refractivity contribution is 0.464. The maximum atomic E-state index is 5.84. The summed E-state index contributed by atoms with van der Waals surface area (Å²) in [4.78, 5) is 4.07. The number of benzene rings is 2. The summed E-state index contributed by atoms with van der Waals surface area (Å²) in [6.07, 6.45) is 0. The minimum absolute atomic E-state index is 0.316. The molecular formula is C15H11ClN2O. The summed E-state index contributed by atoms with van der Waals surface area (Å²) >= 11 is 5.84. The zero-order valence-corrected chi connectivity index (χ0v) is 10.8. The van der Waals surface area contributed by atoms with E-state index in [1.165, 1.54) is 0 Å². The largest absolute Gasteiger partial charge is 0.439 e. The Balaban J connectivity index is 1.96. The van der Waals surface area contributed by atoms with Crippen LogP contribution in [0.1, 0.15) is 0 Å².